The number of nitrogens with zero attached hydrogens (tertiary/aromatic N) is 1. The summed E-state index contributed by atoms with van der Waals surface area (Å²) >= 11 is 0. The van der Waals surface area contributed by atoms with Crippen molar-refractivity contribution in [3.05, 3.63) is 35.9 Å². The summed E-state index contributed by atoms with van der Waals surface area (Å²) < 4.78 is 5.46. The van der Waals surface area contributed by atoms with Crippen molar-refractivity contribution < 1.29 is 14.3 Å². The molecule has 3 rings (SSSR count). The van der Waals surface area contributed by atoms with E-state index in [1.807, 2.05) is 30.3 Å². The zero-order valence-electron chi connectivity index (χ0n) is 13.5. The molecule has 1 amide bonds. The van der Waals surface area contributed by atoms with Gasteiger partial charge >= 0.3 is 5.97 Å². The second kappa shape index (κ2) is 6.71. The molecule has 5 heteroatoms. The molecule has 0 bridgehead atoms. The fourth-order valence-corrected chi connectivity index (χ4v) is 3.88. The maximum Gasteiger partial charge on any atom is 0.329 e. The minimum atomic E-state index is -0.584. The van der Waals surface area contributed by atoms with Gasteiger partial charge < -0.3 is 15.4 Å². The van der Waals surface area contributed by atoms with Gasteiger partial charge in [0.05, 0.1) is 6.04 Å². The van der Waals surface area contributed by atoms with Crippen LogP contribution >= 0.6 is 0 Å². The normalized spacial score (nSPS) is 27.6. The van der Waals surface area contributed by atoms with Gasteiger partial charge in [0.25, 0.3) is 0 Å². The lowest BCUT2D eigenvalue weighted by molar-refractivity contribution is -0.156. The van der Waals surface area contributed by atoms with Crippen molar-refractivity contribution in [2.24, 2.45) is 11.7 Å². The monoisotopic (exact) mass is 316 g/mol. The fourth-order valence-electron chi connectivity index (χ4n) is 3.88. The third-order valence-corrected chi connectivity index (χ3v) is 4.98. The Morgan fingerprint density at radius 1 is 1.30 bits per heavy atom. The van der Waals surface area contributed by atoms with Crippen molar-refractivity contribution in [3.8, 4) is 0 Å². The molecule has 1 aliphatic carbocycles. The van der Waals surface area contributed by atoms with E-state index in [1.165, 1.54) is 0 Å². The first-order valence-corrected chi connectivity index (χ1v) is 8.36. The van der Waals surface area contributed by atoms with Gasteiger partial charge in [-0.15, -0.1) is 0 Å². The molecule has 5 nitrogen and oxygen atoms in total. The average molecular weight is 316 g/mol. The highest BCUT2D eigenvalue weighted by atomic mass is 16.5. The highest BCUT2D eigenvalue weighted by Gasteiger charge is 2.49. The standard InChI is InChI=1S/C18H24N2O3/c1-12(19)17(21)20-15-9-5-8-14(15)10-16(20)18(22)23-11-13-6-3-2-4-7-13/h2-4,6-7,12,14-16H,5,8-11,19H2,1H3/t12?,14-,15-,16-/m0/s1. The Balaban J connectivity index is 1.69. The molecule has 1 heterocycles. The number of hydrogen-bond acceptors (Lipinski definition) is 4. The number of amides is 1. The third-order valence-electron chi connectivity index (χ3n) is 4.98. The van der Waals surface area contributed by atoms with E-state index < -0.39 is 12.1 Å². The largest absolute Gasteiger partial charge is 0.459 e. The zero-order chi connectivity index (χ0) is 16.4. The van der Waals surface area contributed by atoms with Crippen LogP contribution in [-0.4, -0.2) is 34.9 Å². The van der Waals surface area contributed by atoms with Gasteiger partial charge in [-0.05, 0) is 37.7 Å². The van der Waals surface area contributed by atoms with Gasteiger partial charge in [0.15, 0.2) is 0 Å². The van der Waals surface area contributed by atoms with Crippen molar-refractivity contribution in [2.75, 3.05) is 0 Å². The Kier molecular flexibility index (Phi) is 4.66. The predicted octanol–water partition coefficient (Wildman–Crippen LogP) is 1.85. The number of ether oxygens (including phenoxy) is 1. The zero-order valence-corrected chi connectivity index (χ0v) is 13.5. The first-order valence-electron chi connectivity index (χ1n) is 8.36. The average Bonchev–Trinajstić information content (AvgIpc) is 3.13. The van der Waals surface area contributed by atoms with Gasteiger partial charge in [0.2, 0.25) is 5.91 Å². The summed E-state index contributed by atoms with van der Waals surface area (Å²) in [7, 11) is 0. The quantitative estimate of drug-likeness (QED) is 0.860. The van der Waals surface area contributed by atoms with Crippen LogP contribution in [0.2, 0.25) is 0 Å². The Morgan fingerprint density at radius 2 is 2.04 bits per heavy atom. The lowest BCUT2D eigenvalue weighted by atomic mass is 10.0. The van der Waals surface area contributed by atoms with Crippen LogP contribution in [-0.2, 0) is 20.9 Å². The van der Waals surface area contributed by atoms with E-state index in [0.29, 0.717) is 12.3 Å². The van der Waals surface area contributed by atoms with Crippen LogP contribution in [0.5, 0.6) is 0 Å². The summed E-state index contributed by atoms with van der Waals surface area (Å²) in [6, 6.07) is 8.67. The van der Waals surface area contributed by atoms with Crippen molar-refractivity contribution in [1.82, 2.24) is 4.90 Å². The van der Waals surface area contributed by atoms with Gasteiger partial charge in [-0.2, -0.15) is 0 Å². The molecule has 23 heavy (non-hydrogen) atoms. The lowest BCUT2D eigenvalue weighted by Gasteiger charge is -2.30. The van der Waals surface area contributed by atoms with Gasteiger partial charge in [-0.3, -0.25) is 4.79 Å². The number of fused-ring (bicyclic) bond motifs is 1. The number of esters is 1. The first kappa shape index (κ1) is 16.0. The molecule has 2 N–H and O–H groups in total. The maximum absolute atomic E-state index is 12.5. The molecule has 2 aliphatic rings. The molecule has 0 aromatic heterocycles. The van der Waals surface area contributed by atoms with Gasteiger partial charge in [-0.1, -0.05) is 36.8 Å². The molecular weight excluding hydrogens is 292 g/mol. The van der Waals surface area contributed by atoms with Gasteiger partial charge in [0, 0.05) is 6.04 Å². The molecule has 1 aromatic rings. The summed E-state index contributed by atoms with van der Waals surface area (Å²) in [5.41, 5.74) is 6.73. The number of nitrogens with two attached hydrogens (primary N) is 1. The van der Waals surface area contributed by atoms with Gasteiger partial charge in [-0.25, -0.2) is 4.79 Å². The highest BCUT2D eigenvalue weighted by molar-refractivity contribution is 5.88. The SMILES string of the molecule is CC(N)C(=O)N1[C@H](C(=O)OCc2ccccc2)C[C@@H]2CCC[C@@H]21. The van der Waals surface area contributed by atoms with Crippen molar-refractivity contribution in [1.29, 1.82) is 0 Å². The third kappa shape index (κ3) is 3.24. The second-order valence-corrected chi connectivity index (χ2v) is 6.64. The van der Waals surface area contributed by atoms with E-state index in [9.17, 15) is 9.59 Å². The minimum absolute atomic E-state index is 0.138. The molecule has 0 radical (unpaired) electrons. The van der Waals surface area contributed by atoms with E-state index in [2.05, 4.69) is 0 Å². The summed E-state index contributed by atoms with van der Waals surface area (Å²) in [6.07, 6.45) is 3.86. The number of carbonyl (C=O) groups excluding carboxylic acids is 2. The first-order chi connectivity index (χ1) is 11.1. The smallest absolute Gasteiger partial charge is 0.329 e. The Morgan fingerprint density at radius 3 is 2.74 bits per heavy atom. The molecular formula is C18H24N2O3. The van der Waals surface area contributed by atoms with Crippen molar-refractivity contribution >= 4 is 11.9 Å². The molecule has 124 valence electrons. The number of rotatable bonds is 4. The van der Waals surface area contributed by atoms with E-state index in [-0.39, 0.29) is 24.5 Å². The van der Waals surface area contributed by atoms with Crippen LogP contribution in [0.4, 0.5) is 0 Å². The molecule has 4 atom stereocenters. The van der Waals surface area contributed by atoms with E-state index in [1.54, 1.807) is 11.8 Å². The Hall–Kier alpha value is -1.88. The summed E-state index contributed by atoms with van der Waals surface area (Å²) in [5, 5.41) is 0. The second-order valence-electron chi connectivity index (χ2n) is 6.64. The number of likely N-dealkylation sites (tertiary alicyclic amines) is 1. The van der Waals surface area contributed by atoms with E-state index in [0.717, 1.165) is 24.8 Å². The number of hydrogen-bond donors (Lipinski definition) is 1. The fraction of sp³-hybridized carbons (Fsp3) is 0.556. The van der Waals surface area contributed by atoms with Crippen LogP contribution < -0.4 is 5.73 Å². The van der Waals surface area contributed by atoms with Crippen LogP contribution in [0.1, 0.15) is 38.2 Å². The number of carbonyl (C=O) groups is 2. The molecule has 0 spiro atoms. The highest BCUT2D eigenvalue weighted by Crippen LogP contribution is 2.41. The van der Waals surface area contributed by atoms with Crippen LogP contribution in [0.15, 0.2) is 30.3 Å². The molecule has 1 unspecified atom stereocenters. The van der Waals surface area contributed by atoms with E-state index >= 15 is 0 Å². The molecule has 1 saturated heterocycles. The summed E-state index contributed by atoms with van der Waals surface area (Å²) in [5.74, 6) is -0.0368. The molecule has 2 fully saturated rings. The van der Waals surface area contributed by atoms with Crippen molar-refractivity contribution in [2.45, 2.75) is 57.3 Å². The molecule has 1 aromatic carbocycles. The minimum Gasteiger partial charge on any atom is -0.459 e. The number of benzene rings is 1. The Labute approximate surface area is 136 Å². The van der Waals surface area contributed by atoms with E-state index in [4.69, 9.17) is 10.5 Å². The Bertz CT molecular complexity index is 573. The van der Waals surface area contributed by atoms with Crippen LogP contribution in [0, 0.1) is 5.92 Å². The molecule has 1 aliphatic heterocycles. The van der Waals surface area contributed by atoms with Crippen molar-refractivity contribution in [3.63, 3.8) is 0 Å². The lowest BCUT2D eigenvalue weighted by Crippen LogP contribution is -2.51. The molecule has 1 saturated carbocycles. The van der Waals surface area contributed by atoms with Gasteiger partial charge in [0.1, 0.15) is 12.6 Å². The predicted molar refractivity (Wildman–Crippen MR) is 86.3 cm³/mol. The summed E-state index contributed by atoms with van der Waals surface area (Å²) in [4.78, 5) is 26.7. The topological polar surface area (TPSA) is 72.6 Å². The van der Waals surface area contributed by atoms with Crippen LogP contribution in [0.25, 0.3) is 0 Å². The maximum atomic E-state index is 12.5. The summed E-state index contributed by atoms with van der Waals surface area (Å²) in [6.45, 7) is 1.92. The van der Waals surface area contributed by atoms with Crippen LogP contribution in [0.3, 0.4) is 0 Å².